The zero-order chi connectivity index (χ0) is 12.1. The molecule has 0 fully saturated rings. The predicted octanol–water partition coefficient (Wildman–Crippen LogP) is 2.92. The minimum Gasteiger partial charge on any atom is -0.380 e. The van der Waals surface area contributed by atoms with Gasteiger partial charge in [-0.2, -0.15) is 0 Å². The van der Waals surface area contributed by atoms with Gasteiger partial charge >= 0.3 is 0 Å². The number of benzene rings is 1. The summed E-state index contributed by atoms with van der Waals surface area (Å²) in [5.41, 5.74) is 8.64. The van der Waals surface area contributed by atoms with Gasteiger partial charge in [-0.05, 0) is 30.4 Å². The Hall–Kier alpha value is -0.860. The molecule has 0 spiro atoms. The Morgan fingerprint density at radius 2 is 1.94 bits per heavy atom. The topological polar surface area (TPSA) is 35.2 Å². The van der Waals surface area contributed by atoms with E-state index in [1.165, 1.54) is 5.56 Å². The first-order valence-corrected chi connectivity index (χ1v) is 5.91. The van der Waals surface area contributed by atoms with Crippen LogP contribution in [-0.2, 0) is 11.2 Å². The molecule has 0 saturated heterocycles. The number of nitrogens with two attached hydrogens (primary N) is 1. The van der Waals surface area contributed by atoms with Gasteiger partial charge in [0.1, 0.15) is 0 Å². The summed E-state index contributed by atoms with van der Waals surface area (Å²) in [6, 6.07) is 8.46. The molecule has 1 rings (SSSR count). The molecule has 0 aromatic heterocycles. The highest BCUT2D eigenvalue weighted by Crippen LogP contribution is 2.18. The number of hydrogen-bond donors (Lipinski definition) is 1. The summed E-state index contributed by atoms with van der Waals surface area (Å²) < 4.78 is 5.26. The van der Waals surface area contributed by atoms with Gasteiger partial charge in [-0.3, -0.25) is 0 Å². The van der Waals surface area contributed by atoms with Crippen LogP contribution in [0, 0.1) is 5.92 Å². The molecule has 2 heteroatoms. The Kier molecular flexibility index (Phi) is 4.97. The average molecular weight is 221 g/mol. The van der Waals surface area contributed by atoms with Crippen molar-refractivity contribution in [2.45, 2.75) is 39.3 Å². The fraction of sp³-hybridized carbons (Fsp3) is 0.571. The van der Waals surface area contributed by atoms with Gasteiger partial charge in [0.05, 0.1) is 12.1 Å². The van der Waals surface area contributed by atoms with E-state index in [0.717, 1.165) is 12.0 Å². The van der Waals surface area contributed by atoms with E-state index in [9.17, 15) is 0 Å². The first kappa shape index (κ1) is 13.2. The highest BCUT2D eigenvalue weighted by atomic mass is 16.5. The van der Waals surface area contributed by atoms with Crippen molar-refractivity contribution in [2.24, 2.45) is 11.7 Å². The van der Waals surface area contributed by atoms with Gasteiger partial charge < -0.3 is 10.5 Å². The van der Waals surface area contributed by atoms with Crippen molar-refractivity contribution in [1.82, 2.24) is 0 Å². The third kappa shape index (κ3) is 3.62. The second-order valence-electron chi connectivity index (χ2n) is 4.81. The molecular formula is C14H23NO. The fourth-order valence-electron chi connectivity index (χ4n) is 1.82. The molecule has 0 saturated carbocycles. The number of ether oxygens (including phenoxy) is 1. The van der Waals surface area contributed by atoms with E-state index in [4.69, 9.17) is 10.5 Å². The van der Waals surface area contributed by atoms with E-state index in [1.54, 1.807) is 7.11 Å². The summed E-state index contributed by atoms with van der Waals surface area (Å²) in [7, 11) is 1.70. The molecule has 0 amide bonds. The third-order valence-electron chi connectivity index (χ3n) is 2.86. The Morgan fingerprint density at radius 3 is 2.50 bits per heavy atom. The molecule has 16 heavy (non-hydrogen) atoms. The van der Waals surface area contributed by atoms with Crippen molar-refractivity contribution in [3.8, 4) is 0 Å². The van der Waals surface area contributed by atoms with Crippen LogP contribution in [-0.4, -0.2) is 13.2 Å². The lowest BCUT2D eigenvalue weighted by molar-refractivity contribution is 0.0956. The molecule has 0 aliphatic carbocycles. The standard InChI is InChI=1S/C14H23NO/c1-10(2)8-12-6-5-7-13(9-12)14(15)11(3)16-4/h5-7,9-11,14H,8,15H2,1-4H3. The van der Waals surface area contributed by atoms with E-state index < -0.39 is 0 Å². The predicted molar refractivity (Wildman–Crippen MR) is 68.4 cm³/mol. The maximum absolute atomic E-state index is 6.12. The van der Waals surface area contributed by atoms with Crippen molar-refractivity contribution in [3.05, 3.63) is 35.4 Å². The van der Waals surface area contributed by atoms with Crippen molar-refractivity contribution < 1.29 is 4.74 Å². The Balaban J connectivity index is 2.81. The lowest BCUT2D eigenvalue weighted by Gasteiger charge is -2.19. The van der Waals surface area contributed by atoms with Crippen LogP contribution >= 0.6 is 0 Å². The Morgan fingerprint density at radius 1 is 1.25 bits per heavy atom. The van der Waals surface area contributed by atoms with Crippen LogP contribution in [0.3, 0.4) is 0 Å². The van der Waals surface area contributed by atoms with Crippen LogP contribution in [0.1, 0.15) is 37.9 Å². The minimum atomic E-state index is -0.0443. The van der Waals surface area contributed by atoms with E-state index in [2.05, 4.69) is 38.1 Å². The lowest BCUT2D eigenvalue weighted by atomic mass is 9.97. The van der Waals surface area contributed by atoms with Crippen molar-refractivity contribution in [3.63, 3.8) is 0 Å². The van der Waals surface area contributed by atoms with Gasteiger partial charge in [0.15, 0.2) is 0 Å². The molecule has 90 valence electrons. The monoisotopic (exact) mass is 221 g/mol. The second kappa shape index (κ2) is 6.02. The van der Waals surface area contributed by atoms with Gasteiger partial charge in [-0.25, -0.2) is 0 Å². The highest BCUT2D eigenvalue weighted by molar-refractivity contribution is 5.26. The van der Waals surface area contributed by atoms with Gasteiger partial charge in [-0.1, -0.05) is 38.1 Å². The summed E-state index contributed by atoms with van der Waals surface area (Å²) >= 11 is 0. The fourth-order valence-corrected chi connectivity index (χ4v) is 1.82. The molecule has 0 aliphatic heterocycles. The number of rotatable bonds is 5. The summed E-state index contributed by atoms with van der Waals surface area (Å²) in [5, 5.41) is 0. The van der Waals surface area contributed by atoms with Crippen LogP contribution < -0.4 is 5.73 Å². The first-order chi connectivity index (χ1) is 7.54. The molecule has 0 radical (unpaired) electrons. The van der Waals surface area contributed by atoms with Gasteiger partial charge in [0, 0.05) is 7.11 Å². The van der Waals surface area contributed by atoms with Crippen LogP contribution in [0.5, 0.6) is 0 Å². The molecule has 0 heterocycles. The normalized spacial score (nSPS) is 15.1. The van der Waals surface area contributed by atoms with E-state index in [0.29, 0.717) is 5.92 Å². The van der Waals surface area contributed by atoms with E-state index >= 15 is 0 Å². The quantitative estimate of drug-likeness (QED) is 0.829. The Labute approximate surface area is 98.8 Å². The molecule has 2 atom stereocenters. The molecule has 2 unspecified atom stereocenters. The number of methoxy groups -OCH3 is 1. The van der Waals surface area contributed by atoms with E-state index in [-0.39, 0.29) is 12.1 Å². The third-order valence-corrected chi connectivity index (χ3v) is 2.86. The largest absolute Gasteiger partial charge is 0.380 e. The van der Waals surface area contributed by atoms with Crippen LogP contribution in [0.25, 0.3) is 0 Å². The molecular weight excluding hydrogens is 198 g/mol. The maximum atomic E-state index is 6.12. The smallest absolute Gasteiger partial charge is 0.0735 e. The molecule has 0 bridgehead atoms. The summed E-state index contributed by atoms with van der Waals surface area (Å²) in [4.78, 5) is 0. The van der Waals surface area contributed by atoms with Gasteiger partial charge in [0.2, 0.25) is 0 Å². The molecule has 1 aromatic rings. The second-order valence-corrected chi connectivity index (χ2v) is 4.81. The Bertz CT molecular complexity index is 322. The molecule has 0 aliphatic rings. The summed E-state index contributed by atoms with van der Waals surface area (Å²) in [6.07, 6.45) is 1.15. The van der Waals surface area contributed by atoms with Crippen molar-refractivity contribution in [1.29, 1.82) is 0 Å². The number of hydrogen-bond acceptors (Lipinski definition) is 2. The van der Waals surface area contributed by atoms with Crippen LogP contribution in [0.15, 0.2) is 24.3 Å². The van der Waals surface area contributed by atoms with Crippen LogP contribution in [0.4, 0.5) is 0 Å². The van der Waals surface area contributed by atoms with Crippen molar-refractivity contribution >= 4 is 0 Å². The molecule has 1 aromatic carbocycles. The lowest BCUT2D eigenvalue weighted by Crippen LogP contribution is -2.25. The average Bonchev–Trinajstić information content (AvgIpc) is 2.26. The SMILES string of the molecule is COC(C)C(N)c1cccc(CC(C)C)c1. The van der Waals surface area contributed by atoms with E-state index in [1.807, 2.05) is 6.92 Å². The van der Waals surface area contributed by atoms with Gasteiger partial charge in [-0.15, -0.1) is 0 Å². The zero-order valence-electron chi connectivity index (χ0n) is 10.7. The maximum Gasteiger partial charge on any atom is 0.0735 e. The van der Waals surface area contributed by atoms with Gasteiger partial charge in [0.25, 0.3) is 0 Å². The van der Waals surface area contributed by atoms with Crippen molar-refractivity contribution in [2.75, 3.05) is 7.11 Å². The zero-order valence-corrected chi connectivity index (χ0v) is 10.7. The van der Waals surface area contributed by atoms with Crippen LogP contribution in [0.2, 0.25) is 0 Å². The highest BCUT2D eigenvalue weighted by Gasteiger charge is 2.14. The molecule has 2 N–H and O–H groups in total. The molecule has 2 nitrogen and oxygen atoms in total. The minimum absolute atomic E-state index is 0.0443. The summed E-state index contributed by atoms with van der Waals surface area (Å²) in [6.45, 7) is 6.45. The summed E-state index contributed by atoms with van der Waals surface area (Å²) in [5.74, 6) is 0.673. The first-order valence-electron chi connectivity index (χ1n) is 5.91.